The Morgan fingerprint density at radius 2 is 2.16 bits per heavy atom. The molecule has 0 saturated heterocycles. The molecule has 0 unspecified atom stereocenters. The maximum Gasteiger partial charge on any atom is 0.261 e. The monoisotopic (exact) mass is 274 g/mol. The zero-order valence-corrected chi connectivity index (χ0v) is 11.8. The lowest BCUT2D eigenvalue weighted by atomic mass is 9.89. The molecule has 1 N–H and O–H groups in total. The van der Waals surface area contributed by atoms with E-state index in [-0.39, 0.29) is 5.41 Å². The Balaban J connectivity index is 2.02. The Kier molecular flexibility index (Phi) is 2.74. The van der Waals surface area contributed by atoms with Crippen molar-refractivity contribution in [2.75, 3.05) is 0 Å². The topological polar surface area (TPSA) is 67.6 Å². The number of thiophene rings is 1. The zero-order chi connectivity index (χ0) is 13.5. The van der Waals surface area contributed by atoms with Gasteiger partial charge in [-0.2, -0.15) is 10.1 Å². The van der Waals surface area contributed by atoms with Crippen LogP contribution in [0.25, 0.3) is 22.2 Å². The maximum atomic E-state index is 5.35. The van der Waals surface area contributed by atoms with Crippen molar-refractivity contribution in [2.45, 2.75) is 26.2 Å². The lowest BCUT2D eigenvalue weighted by molar-refractivity contribution is 0.430. The summed E-state index contributed by atoms with van der Waals surface area (Å²) < 4.78 is 5.35. The number of nitrogens with one attached hydrogen (secondary N) is 1. The molecule has 6 heteroatoms. The van der Waals surface area contributed by atoms with Crippen molar-refractivity contribution in [3.63, 3.8) is 0 Å². The lowest BCUT2D eigenvalue weighted by Crippen LogP contribution is -2.13. The van der Waals surface area contributed by atoms with E-state index in [9.17, 15) is 0 Å². The smallest absolute Gasteiger partial charge is 0.261 e. The minimum atomic E-state index is -0.0522. The second-order valence-corrected chi connectivity index (χ2v) is 6.26. The predicted molar refractivity (Wildman–Crippen MR) is 73.9 cm³/mol. The first-order valence-electron chi connectivity index (χ1n) is 5.97. The summed E-state index contributed by atoms with van der Waals surface area (Å²) in [5.41, 5.74) is 1.81. The maximum absolute atomic E-state index is 5.35. The lowest BCUT2D eigenvalue weighted by Gasteiger charge is -2.16. The highest BCUT2D eigenvalue weighted by Crippen LogP contribution is 2.31. The van der Waals surface area contributed by atoms with Crippen molar-refractivity contribution in [1.82, 2.24) is 20.3 Å². The van der Waals surface area contributed by atoms with Gasteiger partial charge in [-0.15, -0.1) is 11.3 Å². The Bertz CT molecular complexity index is 676. The number of aromatic nitrogens is 4. The van der Waals surface area contributed by atoms with Crippen molar-refractivity contribution in [1.29, 1.82) is 0 Å². The van der Waals surface area contributed by atoms with E-state index in [1.165, 1.54) is 0 Å². The van der Waals surface area contributed by atoms with E-state index in [0.29, 0.717) is 11.7 Å². The Morgan fingerprint density at radius 1 is 1.32 bits per heavy atom. The molecule has 0 aromatic carbocycles. The molecule has 3 aromatic heterocycles. The normalized spacial score (nSPS) is 11.9. The van der Waals surface area contributed by atoms with Crippen LogP contribution in [0.1, 0.15) is 26.5 Å². The highest BCUT2D eigenvalue weighted by molar-refractivity contribution is 7.13. The van der Waals surface area contributed by atoms with Crippen molar-refractivity contribution >= 4 is 11.3 Å². The molecule has 5 nitrogen and oxygen atoms in total. The molecule has 0 aliphatic carbocycles. The van der Waals surface area contributed by atoms with Crippen LogP contribution >= 0.6 is 11.3 Å². The average molecular weight is 274 g/mol. The molecule has 0 amide bonds. The third-order valence-corrected chi connectivity index (χ3v) is 3.65. The minimum absolute atomic E-state index is 0.0522. The first-order valence-corrected chi connectivity index (χ1v) is 6.85. The quantitative estimate of drug-likeness (QED) is 0.776. The molecule has 0 saturated carbocycles. The summed E-state index contributed by atoms with van der Waals surface area (Å²) in [4.78, 5) is 5.44. The van der Waals surface area contributed by atoms with Crippen LogP contribution in [0.3, 0.4) is 0 Å². The summed E-state index contributed by atoms with van der Waals surface area (Å²) in [6.07, 6.45) is 1.73. The van der Waals surface area contributed by atoms with Crippen LogP contribution in [0, 0.1) is 0 Å². The van der Waals surface area contributed by atoms with Crippen molar-refractivity contribution < 1.29 is 4.52 Å². The third-order valence-electron chi connectivity index (χ3n) is 2.79. The molecular formula is C13H14N4OS. The summed E-state index contributed by atoms with van der Waals surface area (Å²) >= 11 is 1.59. The summed E-state index contributed by atoms with van der Waals surface area (Å²) in [5, 5.41) is 13.1. The van der Waals surface area contributed by atoms with E-state index in [4.69, 9.17) is 4.52 Å². The summed E-state index contributed by atoms with van der Waals surface area (Å²) in [7, 11) is 0. The number of hydrogen-bond donors (Lipinski definition) is 1. The van der Waals surface area contributed by atoms with E-state index in [2.05, 4.69) is 41.1 Å². The fourth-order valence-electron chi connectivity index (χ4n) is 1.86. The van der Waals surface area contributed by atoms with Gasteiger partial charge in [-0.1, -0.05) is 32.0 Å². The SMILES string of the molecule is CC(C)(C)c1[nH]ncc1-c1nc(-c2cccs2)no1. The molecule has 0 atom stereocenters. The van der Waals surface area contributed by atoms with E-state index in [1.807, 2.05) is 17.5 Å². The Morgan fingerprint density at radius 3 is 2.84 bits per heavy atom. The minimum Gasteiger partial charge on any atom is -0.333 e. The number of H-pyrrole nitrogens is 1. The second kappa shape index (κ2) is 4.31. The van der Waals surface area contributed by atoms with Crippen LogP contribution in [-0.4, -0.2) is 20.3 Å². The first kappa shape index (κ1) is 12.1. The van der Waals surface area contributed by atoms with Gasteiger partial charge in [-0.25, -0.2) is 0 Å². The average Bonchev–Trinajstić information content (AvgIpc) is 3.09. The van der Waals surface area contributed by atoms with Gasteiger partial charge in [0.25, 0.3) is 5.89 Å². The second-order valence-electron chi connectivity index (χ2n) is 5.31. The zero-order valence-electron chi connectivity index (χ0n) is 11.0. The number of rotatable bonds is 2. The van der Waals surface area contributed by atoms with Gasteiger partial charge in [0.2, 0.25) is 5.82 Å². The van der Waals surface area contributed by atoms with Crippen molar-refractivity contribution in [2.24, 2.45) is 0 Å². The summed E-state index contributed by atoms with van der Waals surface area (Å²) in [5.74, 6) is 1.12. The fourth-order valence-corrected chi connectivity index (χ4v) is 2.51. The van der Waals surface area contributed by atoms with Crippen LogP contribution in [0.4, 0.5) is 0 Å². The Hall–Kier alpha value is -1.95. The molecule has 3 heterocycles. The van der Waals surface area contributed by atoms with E-state index in [0.717, 1.165) is 16.1 Å². The van der Waals surface area contributed by atoms with Crippen molar-refractivity contribution in [3.8, 4) is 22.2 Å². The molecule has 3 aromatic rings. The molecule has 0 aliphatic heterocycles. The molecule has 0 aliphatic rings. The van der Waals surface area contributed by atoms with Crippen LogP contribution in [0.2, 0.25) is 0 Å². The van der Waals surface area contributed by atoms with Gasteiger partial charge < -0.3 is 4.52 Å². The van der Waals surface area contributed by atoms with Gasteiger partial charge >= 0.3 is 0 Å². The van der Waals surface area contributed by atoms with Gasteiger partial charge in [0.15, 0.2) is 0 Å². The molecule has 19 heavy (non-hydrogen) atoms. The molecule has 98 valence electrons. The standard InChI is InChI=1S/C13H14N4OS/c1-13(2,3)10-8(7-14-16-10)12-15-11(17-18-12)9-5-4-6-19-9/h4-7H,1-3H3,(H,14,16). The van der Waals surface area contributed by atoms with Gasteiger partial charge in [-0.3, -0.25) is 5.10 Å². The van der Waals surface area contributed by atoms with E-state index in [1.54, 1.807) is 17.5 Å². The van der Waals surface area contributed by atoms with Gasteiger partial charge in [-0.05, 0) is 11.4 Å². The highest BCUT2D eigenvalue weighted by Gasteiger charge is 2.24. The third kappa shape index (κ3) is 2.19. The summed E-state index contributed by atoms with van der Waals surface area (Å²) in [6, 6.07) is 3.94. The molecule has 3 rings (SSSR count). The number of aromatic amines is 1. The van der Waals surface area contributed by atoms with E-state index < -0.39 is 0 Å². The predicted octanol–water partition coefficient (Wildman–Crippen LogP) is 3.49. The summed E-state index contributed by atoms with van der Waals surface area (Å²) in [6.45, 7) is 6.34. The van der Waals surface area contributed by atoms with E-state index >= 15 is 0 Å². The first-order chi connectivity index (χ1) is 9.05. The number of nitrogens with zero attached hydrogens (tertiary/aromatic N) is 3. The Labute approximate surface area is 114 Å². The highest BCUT2D eigenvalue weighted by atomic mass is 32.1. The molecule has 0 bridgehead atoms. The van der Waals surface area contributed by atoms with Gasteiger partial charge in [0, 0.05) is 5.41 Å². The molecule has 0 spiro atoms. The largest absolute Gasteiger partial charge is 0.333 e. The van der Waals surface area contributed by atoms with Crippen molar-refractivity contribution in [3.05, 3.63) is 29.4 Å². The fraction of sp³-hybridized carbons (Fsp3) is 0.308. The molecule has 0 fully saturated rings. The molecule has 0 radical (unpaired) electrons. The molecular weight excluding hydrogens is 260 g/mol. The number of hydrogen-bond acceptors (Lipinski definition) is 5. The van der Waals surface area contributed by atoms with Crippen LogP contribution in [-0.2, 0) is 5.41 Å². The van der Waals surface area contributed by atoms with Gasteiger partial charge in [0.05, 0.1) is 22.3 Å². The van der Waals surface area contributed by atoms with Crippen LogP contribution < -0.4 is 0 Å². The van der Waals surface area contributed by atoms with Crippen LogP contribution in [0.5, 0.6) is 0 Å². The van der Waals surface area contributed by atoms with Crippen LogP contribution in [0.15, 0.2) is 28.2 Å². The van der Waals surface area contributed by atoms with Gasteiger partial charge in [0.1, 0.15) is 0 Å².